The number of aryl methyl sites for hydroxylation is 2. The van der Waals surface area contributed by atoms with Gasteiger partial charge in [-0.1, -0.05) is 67.2 Å². The second kappa shape index (κ2) is 5.77. The van der Waals surface area contributed by atoms with Crippen LogP contribution in [-0.4, -0.2) is 0 Å². The molecule has 0 spiro atoms. The van der Waals surface area contributed by atoms with Crippen LogP contribution in [0.5, 0.6) is 0 Å². The molecule has 2 rings (SSSR count). The molecular formula is C15H13Br2Cl. The Kier molecular flexibility index (Phi) is 4.52. The Hall–Kier alpha value is -0.310. The Labute approximate surface area is 130 Å². The van der Waals surface area contributed by atoms with Crippen molar-refractivity contribution in [2.24, 2.45) is 0 Å². The number of halogens is 3. The summed E-state index contributed by atoms with van der Waals surface area (Å²) in [5.74, 6) is 0. The van der Waals surface area contributed by atoms with Crippen molar-refractivity contribution in [2.75, 3.05) is 0 Å². The van der Waals surface area contributed by atoms with Crippen molar-refractivity contribution in [1.29, 1.82) is 0 Å². The predicted octanol–water partition coefficient (Wildman–Crippen LogP) is 6.20. The van der Waals surface area contributed by atoms with E-state index in [1.807, 2.05) is 12.1 Å². The summed E-state index contributed by atoms with van der Waals surface area (Å²) >= 11 is 13.3. The highest BCUT2D eigenvalue weighted by atomic mass is 79.9. The Bertz CT molecular complexity index is 558. The largest absolute Gasteiger partial charge is 0.0843 e. The Morgan fingerprint density at radius 2 is 1.78 bits per heavy atom. The normalized spacial score (nSPS) is 12.5. The van der Waals surface area contributed by atoms with E-state index in [4.69, 9.17) is 11.6 Å². The summed E-state index contributed by atoms with van der Waals surface area (Å²) < 4.78 is 0.999. The molecule has 3 heteroatoms. The van der Waals surface area contributed by atoms with Crippen molar-refractivity contribution in [3.63, 3.8) is 0 Å². The minimum atomic E-state index is 0.160. The molecule has 0 nitrogen and oxygen atoms in total. The van der Waals surface area contributed by atoms with Gasteiger partial charge in [0.15, 0.2) is 0 Å². The van der Waals surface area contributed by atoms with Crippen molar-refractivity contribution < 1.29 is 0 Å². The van der Waals surface area contributed by atoms with E-state index in [0.29, 0.717) is 0 Å². The van der Waals surface area contributed by atoms with Gasteiger partial charge in [-0.05, 0) is 48.7 Å². The molecule has 0 bridgehead atoms. The van der Waals surface area contributed by atoms with Gasteiger partial charge in [0.1, 0.15) is 0 Å². The Balaban J connectivity index is 2.44. The molecule has 0 aliphatic carbocycles. The first-order valence-electron chi connectivity index (χ1n) is 5.64. The molecule has 1 atom stereocenters. The van der Waals surface area contributed by atoms with Gasteiger partial charge in [-0.25, -0.2) is 0 Å². The summed E-state index contributed by atoms with van der Waals surface area (Å²) in [4.78, 5) is 0.160. The van der Waals surface area contributed by atoms with Gasteiger partial charge in [-0.2, -0.15) is 0 Å². The Morgan fingerprint density at radius 3 is 2.39 bits per heavy atom. The van der Waals surface area contributed by atoms with Crippen LogP contribution in [-0.2, 0) is 0 Å². The van der Waals surface area contributed by atoms with Crippen LogP contribution >= 0.6 is 43.5 Å². The van der Waals surface area contributed by atoms with Gasteiger partial charge in [0, 0.05) is 9.50 Å². The monoisotopic (exact) mass is 386 g/mol. The molecule has 2 aromatic rings. The van der Waals surface area contributed by atoms with Crippen molar-refractivity contribution in [1.82, 2.24) is 0 Å². The van der Waals surface area contributed by atoms with Crippen LogP contribution < -0.4 is 0 Å². The zero-order chi connectivity index (χ0) is 13.3. The van der Waals surface area contributed by atoms with Crippen molar-refractivity contribution in [3.8, 4) is 0 Å². The first kappa shape index (κ1) is 14.1. The third kappa shape index (κ3) is 3.17. The average Bonchev–Trinajstić information content (AvgIpc) is 2.26. The number of rotatable bonds is 2. The van der Waals surface area contributed by atoms with Crippen LogP contribution in [0.3, 0.4) is 0 Å². The first-order chi connectivity index (χ1) is 8.47. The molecule has 0 saturated carbocycles. The maximum Gasteiger partial charge on any atom is 0.0648 e. The highest BCUT2D eigenvalue weighted by Gasteiger charge is 2.13. The van der Waals surface area contributed by atoms with Crippen LogP contribution in [0.2, 0.25) is 5.02 Å². The first-order valence-corrected chi connectivity index (χ1v) is 7.73. The topological polar surface area (TPSA) is 0 Å². The van der Waals surface area contributed by atoms with E-state index < -0.39 is 0 Å². The van der Waals surface area contributed by atoms with Crippen molar-refractivity contribution in [2.45, 2.75) is 18.7 Å². The third-order valence-corrected chi connectivity index (χ3v) is 4.57. The second-order valence-electron chi connectivity index (χ2n) is 4.43. The lowest BCUT2D eigenvalue weighted by atomic mass is 9.99. The lowest BCUT2D eigenvalue weighted by Gasteiger charge is -2.15. The SMILES string of the molecule is Cc1ccc(C(Br)c2cc(Cl)cc(Br)c2)c(C)c1. The standard InChI is InChI=1S/C15H13Br2Cl/c1-9-3-4-14(10(2)5-9)15(17)11-6-12(16)8-13(18)7-11/h3-8,15H,1-2H3. The van der Waals surface area contributed by atoms with Crippen LogP contribution in [0.4, 0.5) is 0 Å². The van der Waals surface area contributed by atoms with Gasteiger partial charge in [0.2, 0.25) is 0 Å². The zero-order valence-corrected chi connectivity index (χ0v) is 14.1. The molecule has 0 amide bonds. The smallest absolute Gasteiger partial charge is 0.0648 e. The minimum absolute atomic E-state index is 0.160. The molecule has 0 radical (unpaired) electrons. The van der Waals surface area contributed by atoms with Crippen LogP contribution in [0.1, 0.15) is 27.1 Å². The molecule has 0 fully saturated rings. The quantitative estimate of drug-likeness (QED) is 0.537. The molecule has 0 saturated heterocycles. The lowest BCUT2D eigenvalue weighted by Crippen LogP contribution is -1.96. The zero-order valence-electron chi connectivity index (χ0n) is 10.2. The van der Waals surface area contributed by atoms with Crippen LogP contribution in [0.15, 0.2) is 40.9 Å². The summed E-state index contributed by atoms with van der Waals surface area (Å²) in [6.07, 6.45) is 0. The molecule has 0 aliphatic rings. The number of hydrogen-bond donors (Lipinski definition) is 0. The summed E-state index contributed by atoms with van der Waals surface area (Å²) in [6, 6.07) is 12.5. The molecule has 0 heterocycles. The van der Waals surface area contributed by atoms with Gasteiger partial charge in [0.05, 0.1) is 4.83 Å². The van der Waals surface area contributed by atoms with Gasteiger partial charge < -0.3 is 0 Å². The molecule has 2 aromatic carbocycles. The van der Waals surface area contributed by atoms with Crippen LogP contribution in [0, 0.1) is 13.8 Å². The van der Waals surface area contributed by atoms with Gasteiger partial charge >= 0.3 is 0 Å². The van der Waals surface area contributed by atoms with Crippen LogP contribution in [0.25, 0.3) is 0 Å². The summed E-state index contributed by atoms with van der Waals surface area (Å²) in [6.45, 7) is 4.24. The van der Waals surface area contributed by atoms with E-state index in [9.17, 15) is 0 Å². The molecule has 0 N–H and O–H groups in total. The number of benzene rings is 2. The van der Waals surface area contributed by atoms with Gasteiger partial charge in [-0.15, -0.1) is 0 Å². The van der Waals surface area contributed by atoms with E-state index in [2.05, 4.69) is 70.0 Å². The average molecular weight is 389 g/mol. The van der Waals surface area contributed by atoms with E-state index in [1.165, 1.54) is 16.7 Å². The molecule has 0 aromatic heterocycles. The maximum absolute atomic E-state index is 6.10. The third-order valence-electron chi connectivity index (χ3n) is 2.88. The molecule has 0 aliphatic heterocycles. The van der Waals surface area contributed by atoms with Crippen molar-refractivity contribution in [3.05, 3.63) is 68.1 Å². The summed E-state index contributed by atoms with van der Waals surface area (Å²) in [5.41, 5.74) is 4.99. The fourth-order valence-electron chi connectivity index (χ4n) is 2.01. The highest BCUT2D eigenvalue weighted by Crippen LogP contribution is 2.35. The molecule has 94 valence electrons. The summed E-state index contributed by atoms with van der Waals surface area (Å²) in [5, 5.41) is 0.744. The second-order valence-corrected chi connectivity index (χ2v) is 6.69. The van der Waals surface area contributed by atoms with E-state index in [0.717, 1.165) is 15.1 Å². The molecule has 18 heavy (non-hydrogen) atoms. The molecule has 1 unspecified atom stereocenters. The lowest BCUT2D eigenvalue weighted by molar-refractivity contribution is 1.13. The number of hydrogen-bond acceptors (Lipinski definition) is 0. The molecular weight excluding hydrogens is 375 g/mol. The van der Waals surface area contributed by atoms with E-state index in [-0.39, 0.29) is 4.83 Å². The fourth-order valence-corrected chi connectivity index (χ4v) is 3.68. The Morgan fingerprint density at radius 1 is 1.06 bits per heavy atom. The summed E-state index contributed by atoms with van der Waals surface area (Å²) in [7, 11) is 0. The number of alkyl halides is 1. The minimum Gasteiger partial charge on any atom is -0.0843 e. The predicted molar refractivity (Wildman–Crippen MR) is 85.8 cm³/mol. The van der Waals surface area contributed by atoms with Gasteiger partial charge in [-0.3, -0.25) is 0 Å². The highest BCUT2D eigenvalue weighted by molar-refractivity contribution is 9.10. The van der Waals surface area contributed by atoms with Crippen molar-refractivity contribution >= 4 is 43.5 Å². The maximum atomic E-state index is 6.10. The fraction of sp³-hybridized carbons (Fsp3) is 0.200. The van der Waals surface area contributed by atoms with E-state index >= 15 is 0 Å². The van der Waals surface area contributed by atoms with Gasteiger partial charge in [0.25, 0.3) is 0 Å². The van der Waals surface area contributed by atoms with E-state index in [1.54, 1.807) is 0 Å².